The molecule has 2 rings (SSSR count). The molecule has 2 nitrogen and oxygen atoms in total. The summed E-state index contributed by atoms with van der Waals surface area (Å²) in [6.45, 7) is 6.21. The lowest BCUT2D eigenvalue weighted by molar-refractivity contribution is -0.131. The van der Waals surface area contributed by atoms with Crippen LogP contribution in [-0.2, 0) is 4.79 Å². The molecule has 1 heterocycles. The molecule has 74 valence electrons. The van der Waals surface area contributed by atoms with Crippen molar-refractivity contribution < 1.29 is 4.79 Å². The lowest BCUT2D eigenvalue weighted by Crippen LogP contribution is -2.30. The van der Waals surface area contributed by atoms with Crippen LogP contribution in [0.3, 0.4) is 0 Å². The van der Waals surface area contributed by atoms with Crippen LogP contribution in [0.5, 0.6) is 0 Å². The van der Waals surface area contributed by atoms with Crippen LogP contribution in [-0.4, -0.2) is 28.7 Å². The molecule has 1 aliphatic carbocycles. The fourth-order valence-electron chi connectivity index (χ4n) is 2.01. The Bertz CT molecular complexity index is 221. The van der Waals surface area contributed by atoms with Gasteiger partial charge in [-0.05, 0) is 18.3 Å². The van der Waals surface area contributed by atoms with E-state index in [2.05, 4.69) is 29.8 Å². The molecular formula is C10H16BrNO. The highest BCUT2D eigenvalue weighted by Crippen LogP contribution is 2.40. The lowest BCUT2D eigenvalue weighted by atomic mass is 10.2. The van der Waals surface area contributed by atoms with Gasteiger partial charge in [-0.25, -0.2) is 0 Å². The molecule has 1 amide bonds. The van der Waals surface area contributed by atoms with Crippen molar-refractivity contribution in [3.8, 4) is 0 Å². The summed E-state index contributed by atoms with van der Waals surface area (Å²) in [6.07, 6.45) is 1.11. The molecule has 0 aromatic carbocycles. The van der Waals surface area contributed by atoms with E-state index in [1.54, 1.807) is 0 Å². The summed E-state index contributed by atoms with van der Waals surface area (Å²) in [7, 11) is 0. The van der Waals surface area contributed by atoms with Gasteiger partial charge in [-0.15, -0.1) is 0 Å². The number of alkyl halides is 1. The van der Waals surface area contributed by atoms with Crippen LogP contribution < -0.4 is 0 Å². The maximum Gasteiger partial charge on any atom is 0.226 e. The molecule has 0 aromatic rings. The minimum atomic E-state index is 0.352. The number of halogens is 1. The molecule has 0 radical (unpaired) electrons. The first kappa shape index (κ1) is 9.50. The average Bonchev–Trinajstić information content (AvgIpc) is 2.70. The Kier molecular flexibility index (Phi) is 2.39. The minimum Gasteiger partial charge on any atom is -0.341 e. The van der Waals surface area contributed by atoms with Gasteiger partial charge < -0.3 is 4.90 Å². The van der Waals surface area contributed by atoms with Crippen molar-refractivity contribution in [1.29, 1.82) is 0 Å². The van der Waals surface area contributed by atoms with E-state index < -0.39 is 0 Å². The van der Waals surface area contributed by atoms with E-state index >= 15 is 0 Å². The number of carbonyl (C=O) groups excluding carboxylic acids is 1. The van der Waals surface area contributed by atoms with E-state index in [4.69, 9.17) is 0 Å². The second kappa shape index (κ2) is 3.26. The summed E-state index contributed by atoms with van der Waals surface area (Å²) in [5, 5.41) is 0. The maximum absolute atomic E-state index is 11.8. The Morgan fingerprint density at radius 2 is 1.92 bits per heavy atom. The van der Waals surface area contributed by atoms with Crippen LogP contribution in [0.1, 0.15) is 20.3 Å². The molecule has 0 aromatic heterocycles. The van der Waals surface area contributed by atoms with Gasteiger partial charge in [0.15, 0.2) is 0 Å². The fourth-order valence-corrected chi connectivity index (χ4v) is 2.52. The highest BCUT2D eigenvalue weighted by molar-refractivity contribution is 9.09. The first-order valence-electron chi connectivity index (χ1n) is 5.02. The maximum atomic E-state index is 11.8. The largest absolute Gasteiger partial charge is 0.341 e. The van der Waals surface area contributed by atoms with Crippen molar-refractivity contribution in [3.05, 3.63) is 0 Å². The summed E-state index contributed by atoms with van der Waals surface area (Å²) in [5.74, 6) is 1.99. The predicted molar refractivity (Wildman–Crippen MR) is 55.7 cm³/mol. The van der Waals surface area contributed by atoms with E-state index in [-0.39, 0.29) is 0 Å². The quantitative estimate of drug-likeness (QED) is 0.647. The van der Waals surface area contributed by atoms with Crippen LogP contribution >= 0.6 is 15.9 Å². The third-order valence-corrected chi connectivity index (χ3v) is 4.45. The number of carbonyl (C=O) groups is 1. The molecule has 1 saturated heterocycles. The minimum absolute atomic E-state index is 0.352. The topological polar surface area (TPSA) is 20.3 Å². The van der Waals surface area contributed by atoms with Crippen LogP contribution in [0.25, 0.3) is 0 Å². The van der Waals surface area contributed by atoms with Crippen molar-refractivity contribution in [2.45, 2.75) is 25.1 Å². The van der Waals surface area contributed by atoms with Gasteiger partial charge in [0.05, 0.1) is 0 Å². The van der Waals surface area contributed by atoms with Crippen LogP contribution in [0.2, 0.25) is 0 Å². The van der Waals surface area contributed by atoms with Crippen LogP contribution in [0, 0.1) is 17.8 Å². The van der Waals surface area contributed by atoms with Crippen molar-refractivity contribution in [2.75, 3.05) is 13.1 Å². The third-order valence-electron chi connectivity index (χ3n) is 3.26. The molecule has 1 saturated carbocycles. The Balaban J connectivity index is 1.92. The highest BCUT2D eigenvalue weighted by atomic mass is 79.9. The Morgan fingerprint density at radius 1 is 1.31 bits per heavy atom. The van der Waals surface area contributed by atoms with Gasteiger partial charge in [-0.3, -0.25) is 4.79 Å². The molecular weight excluding hydrogens is 230 g/mol. The van der Waals surface area contributed by atoms with Crippen molar-refractivity contribution in [3.63, 3.8) is 0 Å². The van der Waals surface area contributed by atoms with Crippen molar-refractivity contribution in [2.24, 2.45) is 17.8 Å². The first-order chi connectivity index (χ1) is 6.09. The summed E-state index contributed by atoms with van der Waals surface area (Å²) < 4.78 is 0. The van der Waals surface area contributed by atoms with Crippen molar-refractivity contribution in [1.82, 2.24) is 4.90 Å². The normalized spacial score (nSPS) is 43.8. The zero-order valence-corrected chi connectivity index (χ0v) is 9.75. The molecule has 3 heteroatoms. The first-order valence-corrected chi connectivity index (χ1v) is 5.94. The van der Waals surface area contributed by atoms with Crippen molar-refractivity contribution >= 4 is 21.8 Å². The molecule has 4 atom stereocenters. The Hall–Kier alpha value is -0.0500. The van der Waals surface area contributed by atoms with Gasteiger partial charge >= 0.3 is 0 Å². The number of hydrogen-bond donors (Lipinski definition) is 0. The molecule has 0 N–H and O–H groups in total. The van der Waals surface area contributed by atoms with E-state index in [1.165, 1.54) is 0 Å². The van der Waals surface area contributed by atoms with Gasteiger partial charge in [0.25, 0.3) is 0 Å². The van der Waals surface area contributed by atoms with E-state index in [9.17, 15) is 4.79 Å². The van der Waals surface area contributed by atoms with Gasteiger partial charge in [-0.1, -0.05) is 29.8 Å². The number of rotatable bonds is 1. The molecule has 0 spiro atoms. The summed E-state index contributed by atoms with van der Waals surface area (Å²) >= 11 is 3.60. The van der Waals surface area contributed by atoms with Gasteiger partial charge in [0.2, 0.25) is 5.91 Å². The summed E-state index contributed by atoms with van der Waals surface area (Å²) in [5.41, 5.74) is 0. The number of nitrogens with zero attached hydrogens (tertiary/aromatic N) is 1. The summed E-state index contributed by atoms with van der Waals surface area (Å²) in [4.78, 5) is 14.3. The Morgan fingerprint density at radius 3 is 2.31 bits per heavy atom. The second-order valence-electron chi connectivity index (χ2n) is 4.56. The van der Waals surface area contributed by atoms with E-state index in [1.807, 2.05) is 4.90 Å². The molecule has 0 bridgehead atoms. The standard InChI is InChI=1S/C10H16BrNO/c1-6-3-8(6)10(13)12-4-7(2)9(11)5-12/h6-9H,3-5H2,1-2H3. The zero-order valence-electron chi connectivity index (χ0n) is 8.16. The van der Waals surface area contributed by atoms with E-state index in [0.29, 0.717) is 28.5 Å². The fraction of sp³-hybridized carbons (Fsp3) is 0.900. The molecule has 2 aliphatic rings. The number of hydrogen-bond acceptors (Lipinski definition) is 1. The van der Waals surface area contributed by atoms with E-state index in [0.717, 1.165) is 19.5 Å². The molecule has 2 fully saturated rings. The van der Waals surface area contributed by atoms with Gasteiger partial charge in [0, 0.05) is 23.8 Å². The smallest absolute Gasteiger partial charge is 0.226 e. The van der Waals surface area contributed by atoms with Gasteiger partial charge in [0.1, 0.15) is 0 Å². The highest BCUT2D eigenvalue weighted by Gasteiger charge is 2.43. The SMILES string of the molecule is CC1CN(C(=O)C2CC2C)CC1Br. The second-order valence-corrected chi connectivity index (χ2v) is 5.73. The number of likely N-dealkylation sites (tertiary alicyclic amines) is 1. The van der Waals surface area contributed by atoms with Crippen LogP contribution in [0.15, 0.2) is 0 Å². The van der Waals surface area contributed by atoms with Crippen LogP contribution in [0.4, 0.5) is 0 Å². The number of amides is 1. The Labute approximate surface area is 87.8 Å². The molecule has 1 aliphatic heterocycles. The predicted octanol–water partition coefficient (Wildman–Crippen LogP) is 1.88. The average molecular weight is 246 g/mol. The lowest BCUT2D eigenvalue weighted by Gasteiger charge is -2.15. The zero-order chi connectivity index (χ0) is 9.59. The summed E-state index contributed by atoms with van der Waals surface area (Å²) in [6, 6.07) is 0. The molecule has 4 unspecified atom stereocenters. The molecule has 13 heavy (non-hydrogen) atoms. The van der Waals surface area contributed by atoms with Gasteiger partial charge in [-0.2, -0.15) is 0 Å². The monoisotopic (exact) mass is 245 g/mol. The third kappa shape index (κ3) is 1.76.